The summed E-state index contributed by atoms with van der Waals surface area (Å²) >= 11 is 5.95. The molecule has 2 aromatic rings. The van der Waals surface area contributed by atoms with Crippen LogP contribution < -0.4 is 9.80 Å². The number of nitrogens with zero attached hydrogens (tertiary/aromatic N) is 3. The summed E-state index contributed by atoms with van der Waals surface area (Å²) in [6, 6.07) is 13.3. The summed E-state index contributed by atoms with van der Waals surface area (Å²) in [6.45, 7) is 2.94. The number of amides is 2. The molecule has 0 aliphatic carbocycles. The molecule has 2 heterocycles. The number of carbonyl (C=O) groups excluding carboxylic acids is 2. The van der Waals surface area contributed by atoms with E-state index in [0.29, 0.717) is 25.1 Å². The third-order valence-corrected chi connectivity index (χ3v) is 5.41. The minimum atomic E-state index is 0.0329. The molecule has 0 spiro atoms. The van der Waals surface area contributed by atoms with Crippen LogP contribution in [0, 0.1) is 0 Å². The largest absolute Gasteiger partial charge is 0.368 e. The van der Waals surface area contributed by atoms with Crippen molar-refractivity contribution in [1.82, 2.24) is 4.90 Å². The molecule has 5 nitrogen and oxygen atoms in total. The van der Waals surface area contributed by atoms with E-state index in [4.69, 9.17) is 11.6 Å². The van der Waals surface area contributed by atoms with Crippen molar-refractivity contribution < 1.29 is 9.59 Å². The molecule has 0 radical (unpaired) electrons. The van der Waals surface area contributed by atoms with Crippen molar-refractivity contribution in [3.63, 3.8) is 0 Å². The third-order valence-electron chi connectivity index (χ3n) is 5.16. The topological polar surface area (TPSA) is 43.9 Å². The van der Waals surface area contributed by atoms with Gasteiger partial charge >= 0.3 is 0 Å². The van der Waals surface area contributed by atoms with Crippen LogP contribution in [0.5, 0.6) is 0 Å². The van der Waals surface area contributed by atoms with Crippen LogP contribution in [0.15, 0.2) is 42.5 Å². The number of fused-ring (bicyclic) bond motifs is 1. The highest BCUT2D eigenvalue weighted by Gasteiger charge is 2.27. The molecule has 0 bridgehead atoms. The molecule has 2 aromatic carbocycles. The number of rotatable bonds is 2. The van der Waals surface area contributed by atoms with Crippen LogP contribution in [-0.4, -0.2) is 49.9 Å². The SMILES string of the molecule is CN1C(=O)Cc2cc(C(=O)N3CCN(c4ccc(Cl)cc4)CC3)ccc21. The maximum atomic E-state index is 12.8. The van der Waals surface area contributed by atoms with Gasteiger partial charge in [-0.1, -0.05) is 11.6 Å². The summed E-state index contributed by atoms with van der Waals surface area (Å²) in [5, 5.41) is 0.725. The lowest BCUT2D eigenvalue weighted by atomic mass is 10.1. The van der Waals surface area contributed by atoms with Gasteiger partial charge < -0.3 is 14.7 Å². The lowest BCUT2D eigenvalue weighted by Crippen LogP contribution is -2.48. The number of hydrogen-bond donors (Lipinski definition) is 0. The zero-order chi connectivity index (χ0) is 18.3. The highest BCUT2D eigenvalue weighted by molar-refractivity contribution is 6.30. The highest BCUT2D eigenvalue weighted by Crippen LogP contribution is 2.29. The molecule has 2 aliphatic heterocycles. The van der Waals surface area contributed by atoms with E-state index in [1.54, 1.807) is 11.9 Å². The minimum Gasteiger partial charge on any atom is -0.368 e. The number of hydrogen-bond acceptors (Lipinski definition) is 3. The second-order valence-corrected chi connectivity index (χ2v) is 7.17. The fraction of sp³-hybridized carbons (Fsp3) is 0.300. The predicted octanol–water partition coefficient (Wildman–Crippen LogP) is 2.82. The monoisotopic (exact) mass is 369 g/mol. The number of likely N-dealkylation sites (N-methyl/N-ethyl adjacent to an activating group) is 1. The number of piperazine rings is 1. The molecule has 0 unspecified atom stereocenters. The van der Waals surface area contributed by atoms with E-state index in [-0.39, 0.29) is 11.8 Å². The average molecular weight is 370 g/mol. The van der Waals surface area contributed by atoms with Crippen LogP contribution >= 0.6 is 11.6 Å². The van der Waals surface area contributed by atoms with Gasteiger partial charge in [-0.15, -0.1) is 0 Å². The second-order valence-electron chi connectivity index (χ2n) is 6.73. The Morgan fingerprint density at radius 2 is 1.69 bits per heavy atom. The van der Waals surface area contributed by atoms with Crippen LogP contribution in [0.4, 0.5) is 11.4 Å². The molecule has 0 N–H and O–H groups in total. The van der Waals surface area contributed by atoms with Crippen molar-refractivity contribution in [2.24, 2.45) is 0 Å². The summed E-state index contributed by atoms with van der Waals surface area (Å²) in [6.07, 6.45) is 0.372. The highest BCUT2D eigenvalue weighted by atomic mass is 35.5. The van der Waals surface area contributed by atoms with Crippen LogP contribution in [0.25, 0.3) is 0 Å². The number of anilines is 2. The predicted molar refractivity (Wildman–Crippen MR) is 103 cm³/mol. The Hall–Kier alpha value is -2.53. The van der Waals surface area contributed by atoms with E-state index < -0.39 is 0 Å². The van der Waals surface area contributed by atoms with E-state index in [9.17, 15) is 9.59 Å². The van der Waals surface area contributed by atoms with E-state index in [1.807, 2.05) is 47.4 Å². The average Bonchev–Trinajstić information content (AvgIpc) is 2.95. The van der Waals surface area contributed by atoms with Crippen LogP contribution in [-0.2, 0) is 11.2 Å². The van der Waals surface area contributed by atoms with Gasteiger partial charge in [-0.2, -0.15) is 0 Å². The summed E-state index contributed by atoms with van der Waals surface area (Å²) < 4.78 is 0. The zero-order valence-corrected chi connectivity index (χ0v) is 15.4. The van der Waals surface area contributed by atoms with Crippen molar-refractivity contribution in [2.45, 2.75) is 6.42 Å². The van der Waals surface area contributed by atoms with Gasteiger partial charge in [-0.05, 0) is 48.0 Å². The summed E-state index contributed by atoms with van der Waals surface area (Å²) in [5.74, 6) is 0.103. The third kappa shape index (κ3) is 3.03. The second kappa shape index (κ2) is 6.65. The van der Waals surface area contributed by atoms with Gasteiger partial charge in [0.25, 0.3) is 5.91 Å². The van der Waals surface area contributed by atoms with E-state index >= 15 is 0 Å². The van der Waals surface area contributed by atoms with Gasteiger partial charge in [0.1, 0.15) is 0 Å². The Bertz CT molecular complexity index is 858. The molecule has 134 valence electrons. The quantitative estimate of drug-likeness (QED) is 0.817. The van der Waals surface area contributed by atoms with Gasteiger partial charge in [0.15, 0.2) is 0 Å². The Morgan fingerprint density at radius 3 is 2.38 bits per heavy atom. The molecule has 1 saturated heterocycles. The fourth-order valence-corrected chi connectivity index (χ4v) is 3.73. The smallest absolute Gasteiger partial charge is 0.253 e. The van der Waals surface area contributed by atoms with Gasteiger partial charge in [-0.25, -0.2) is 0 Å². The van der Waals surface area contributed by atoms with Crippen molar-refractivity contribution in [3.05, 3.63) is 58.6 Å². The van der Waals surface area contributed by atoms with Crippen LogP contribution in [0.2, 0.25) is 5.02 Å². The Kier molecular flexibility index (Phi) is 4.32. The first-order valence-electron chi connectivity index (χ1n) is 8.72. The molecule has 26 heavy (non-hydrogen) atoms. The molecular formula is C20H20ClN3O2. The molecule has 1 fully saturated rings. The Labute approximate surface area is 157 Å². The van der Waals surface area contributed by atoms with Gasteiger partial charge in [0, 0.05) is 55.2 Å². The molecule has 6 heteroatoms. The summed E-state index contributed by atoms with van der Waals surface area (Å²) in [4.78, 5) is 30.5. The normalized spacial score (nSPS) is 16.8. The Balaban J connectivity index is 1.43. The molecule has 0 atom stereocenters. The zero-order valence-electron chi connectivity index (χ0n) is 14.6. The lowest BCUT2D eigenvalue weighted by Gasteiger charge is -2.36. The van der Waals surface area contributed by atoms with Crippen LogP contribution in [0.1, 0.15) is 15.9 Å². The maximum Gasteiger partial charge on any atom is 0.253 e. The molecular weight excluding hydrogens is 350 g/mol. The van der Waals surface area contributed by atoms with Gasteiger partial charge in [0.05, 0.1) is 6.42 Å². The minimum absolute atomic E-state index is 0.0329. The van der Waals surface area contributed by atoms with Crippen LogP contribution in [0.3, 0.4) is 0 Å². The first-order chi connectivity index (χ1) is 12.5. The van der Waals surface area contributed by atoms with E-state index in [1.165, 1.54) is 0 Å². The van der Waals surface area contributed by atoms with Gasteiger partial charge in [0.2, 0.25) is 5.91 Å². The fourth-order valence-electron chi connectivity index (χ4n) is 3.61. The molecule has 4 rings (SSSR count). The van der Waals surface area contributed by atoms with Crippen molar-refractivity contribution >= 4 is 34.8 Å². The standard InChI is InChI=1S/C20H20ClN3O2/c1-22-18-7-2-14(12-15(18)13-19(22)25)20(26)24-10-8-23(9-11-24)17-5-3-16(21)4-6-17/h2-7,12H,8-11,13H2,1H3. The summed E-state index contributed by atoms with van der Waals surface area (Å²) in [7, 11) is 1.77. The van der Waals surface area contributed by atoms with E-state index in [0.717, 1.165) is 35.1 Å². The first-order valence-corrected chi connectivity index (χ1v) is 9.10. The van der Waals surface area contributed by atoms with Crippen molar-refractivity contribution in [3.8, 4) is 0 Å². The van der Waals surface area contributed by atoms with Crippen molar-refractivity contribution in [2.75, 3.05) is 43.0 Å². The molecule has 0 aromatic heterocycles. The number of halogens is 1. The first kappa shape index (κ1) is 16.9. The molecule has 2 amide bonds. The lowest BCUT2D eigenvalue weighted by molar-refractivity contribution is -0.117. The Morgan fingerprint density at radius 1 is 1.00 bits per heavy atom. The maximum absolute atomic E-state index is 12.8. The molecule has 2 aliphatic rings. The summed E-state index contributed by atoms with van der Waals surface area (Å²) in [5.41, 5.74) is 3.62. The number of carbonyl (C=O) groups is 2. The molecule has 0 saturated carbocycles. The van der Waals surface area contributed by atoms with E-state index in [2.05, 4.69) is 4.90 Å². The van der Waals surface area contributed by atoms with Crippen molar-refractivity contribution in [1.29, 1.82) is 0 Å². The number of benzene rings is 2. The van der Waals surface area contributed by atoms with Gasteiger partial charge in [-0.3, -0.25) is 9.59 Å².